The standard InChI is InChI=1S/C12H17NO2S/c1-13-12(15)6-3-7-16-11-5-2-4-10(8-11)9-14/h2,4-5,8,14H,3,6-7,9H2,1H3,(H,13,15). The van der Waals surface area contributed by atoms with Gasteiger partial charge in [0.1, 0.15) is 0 Å². The van der Waals surface area contributed by atoms with E-state index in [-0.39, 0.29) is 12.5 Å². The van der Waals surface area contributed by atoms with Crippen molar-refractivity contribution >= 4 is 17.7 Å². The van der Waals surface area contributed by atoms with E-state index in [1.165, 1.54) is 0 Å². The summed E-state index contributed by atoms with van der Waals surface area (Å²) < 4.78 is 0. The normalized spacial score (nSPS) is 10.1. The fourth-order valence-electron chi connectivity index (χ4n) is 1.28. The molecule has 0 heterocycles. The van der Waals surface area contributed by atoms with E-state index in [4.69, 9.17) is 5.11 Å². The van der Waals surface area contributed by atoms with Crippen LogP contribution >= 0.6 is 11.8 Å². The third-order valence-corrected chi connectivity index (χ3v) is 3.26. The van der Waals surface area contributed by atoms with E-state index in [2.05, 4.69) is 5.32 Å². The molecule has 0 bridgehead atoms. The Bertz CT molecular complexity index is 342. The molecule has 1 aromatic rings. The number of amides is 1. The summed E-state index contributed by atoms with van der Waals surface area (Å²) in [6, 6.07) is 7.83. The molecule has 0 aromatic heterocycles. The maximum absolute atomic E-state index is 11.0. The molecular formula is C12H17NO2S. The number of carbonyl (C=O) groups excluding carboxylic acids is 1. The summed E-state index contributed by atoms with van der Waals surface area (Å²) >= 11 is 1.71. The average molecular weight is 239 g/mol. The first kappa shape index (κ1) is 13.1. The van der Waals surface area contributed by atoms with Gasteiger partial charge in [-0.3, -0.25) is 4.79 Å². The zero-order chi connectivity index (χ0) is 11.8. The molecule has 1 amide bonds. The van der Waals surface area contributed by atoms with Crippen LogP contribution in [0.3, 0.4) is 0 Å². The molecule has 88 valence electrons. The fourth-order valence-corrected chi connectivity index (χ4v) is 2.22. The van der Waals surface area contributed by atoms with Gasteiger partial charge in [0.05, 0.1) is 6.61 Å². The SMILES string of the molecule is CNC(=O)CCCSc1cccc(CO)c1. The van der Waals surface area contributed by atoms with Gasteiger partial charge in [0.2, 0.25) is 5.91 Å². The van der Waals surface area contributed by atoms with Gasteiger partial charge in [0.25, 0.3) is 0 Å². The highest BCUT2D eigenvalue weighted by Crippen LogP contribution is 2.20. The maximum Gasteiger partial charge on any atom is 0.219 e. The van der Waals surface area contributed by atoms with Crippen molar-refractivity contribution in [2.75, 3.05) is 12.8 Å². The van der Waals surface area contributed by atoms with Gasteiger partial charge in [-0.2, -0.15) is 0 Å². The maximum atomic E-state index is 11.0. The molecular weight excluding hydrogens is 222 g/mol. The number of hydrogen-bond donors (Lipinski definition) is 2. The van der Waals surface area contributed by atoms with E-state index < -0.39 is 0 Å². The third kappa shape index (κ3) is 4.68. The summed E-state index contributed by atoms with van der Waals surface area (Å²) in [4.78, 5) is 12.1. The third-order valence-electron chi connectivity index (χ3n) is 2.18. The van der Waals surface area contributed by atoms with Gasteiger partial charge in [-0.05, 0) is 29.9 Å². The number of benzene rings is 1. The van der Waals surface area contributed by atoms with Gasteiger partial charge >= 0.3 is 0 Å². The molecule has 0 spiro atoms. The summed E-state index contributed by atoms with van der Waals surface area (Å²) in [5.74, 6) is 1.01. The molecule has 0 radical (unpaired) electrons. The molecule has 4 heteroatoms. The predicted octanol–water partition coefficient (Wildman–Crippen LogP) is 1.80. The Morgan fingerprint density at radius 3 is 3.00 bits per heavy atom. The van der Waals surface area contributed by atoms with Gasteiger partial charge in [-0.15, -0.1) is 11.8 Å². The molecule has 0 saturated carbocycles. The first-order chi connectivity index (χ1) is 7.76. The Kier molecular flexibility index (Phi) is 5.96. The summed E-state index contributed by atoms with van der Waals surface area (Å²) in [6.45, 7) is 0.0760. The van der Waals surface area contributed by atoms with E-state index in [0.717, 1.165) is 22.6 Å². The summed E-state index contributed by atoms with van der Waals surface area (Å²) in [5, 5.41) is 11.6. The van der Waals surface area contributed by atoms with Crippen LogP contribution in [0.25, 0.3) is 0 Å². The minimum Gasteiger partial charge on any atom is -0.392 e. The number of hydrogen-bond acceptors (Lipinski definition) is 3. The lowest BCUT2D eigenvalue weighted by Gasteiger charge is -2.03. The number of nitrogens with one attached hydrogen (secondary N) is 1. The van der Waals surface area contributed by atoms with Crippen LogP contribution in [-0.4, -0.2) is 23.8 Å². The largest absolute Gasteiger partial charge is 0.392 e. The number of rotatable bonds is 6. The Labute approximate surface area is 100 Å². The molecule has 2 N–H and O–H groups in total. The van der Waals surface area contributed by atoms with Crippen LogP contribution in [0, 0.1) is 0 Å². The van der Waals surface area contributed by atoms with Crippen LogP contribution in [0.15, 0.2) is 29.2 Å². The van der Waals surface area contributed by atoms with Crippen LogP contribution in [0.1, 0.15) is 18.4 Å². The van der Waals surface area contributed by atoms with Gasteiger partial charge in [0, 0.05) is 18.4 Å². The lowest BCUT2D eigenvalue weighted by molar-refractivity contribution is -0.120. The number of thioether (sulfide) groups is 1. The zero-order valence-electron chi connectivity index (χ0n) is 9.40. The fraction of sp³-hybridized carbons (Fsp3) is 0.417. The molecule has 0 aliphatic rings. The highest BCUT2D eigenvalue weighted by molar-refractivity contribution is 7.99. The van der Waals surface area contributed by atoms with Crippen molar-refractivity contribution < 1.29 is 9.90 Å². The monoisotopic (exact) mass is 239 g/mol. The summed E-state index contributed by atoms with van der Waals surface area (Å²) in [7, 11) is 1.65. The quantitative estimate of drug-likeness (QED) is 0.588. The van der Waals surface area contributed by atoms with Crippen molar-refractivity contribution in [2.24, 2.45) is 0 Å². The van der Waals surface area contributed by atoms with E-state index in [1.807, 2.05) is 24.3 Å². The molecule has 0 aliphatic heterocycles. The molecule has 1 rings (SSSR count). The van der Waals surface area contributed by atoms with Crippen LogP contribution < -0.4 is 5.32 Å². The van der Waals surface area contributed by atoms with Crippen molar-refractivity contribution in [3.8, 4) is 0 Å². The molecule has 0 saturated heterocycles. The Hall–Kier alpha value is -1.00. The molecule has 0 atom stereocenters. The molecule has 0 fully saturated rings. The summed E-state index contributed by atoms with van der Waals surface area (Å²) in [6.07, 6.45) is 1.44. The van der Waals surface area contributed by atoms with Gasteiger partial charge < -0.3 is 10.4 Å². The van der Waals surface area contributed by atoms with E-state index in [1.54, 1.807) is 18.8 Å². The van der Waals surface area contributed by atoms with Crippen LogP contribution in [0.4, 0.5) is 0 Å². The molecule has 0 unspecified atom stereocenters. The average Bonchev–Trinajstić information content (AvgIpc) is 2.34. The Morgan fingerprint density at radius 2 is 2.31 bits per heavy atom. The number of aliphatic hydroxyl groups excluding tert-OH is 1. The first-order valence-corrected chi connectivity index (χ1v) is 6.28. The predicted molar refractivity (Wildman–Crippen MR) is 66.4 cm³/mol. The topological polar surface area (TPSA) is 49.3 Å². The number of carbonyl (C=O) groups is 1. The second-order valence-electron chi connectivity index (χ2n) is 3.43. The lowest BCUT2D eigenvalue weighted by atomic mass is 10.2. The molecule has 3 nitrogen and oxygen atoms in total. The Morgan fingerprint density at radius 1 is 1.50 bits per heavy atom. The second kappa shape index (κ2) is 7.30. The minimum absolute atomic E-state index is 0.0760. The first-order valence-electron chi connectivity index (χ1n) is 5.29. The number of aliphatic hydroxyl groups is 1. The van der Waals surface area contributed by atoms with Gasteiger partial charge in [-0.1, -0.05) is 12.1 Å². The summed E-state index contributed by atoms with van der Waals surface area (Å²) in [5.41, 5.74) is 0.927. The van der Waals surface area contributed by atoms with Crippen LogP contribution in [0.2, 0.25) is 0 Å². The lowest BCUT2D eigenvalue weighted by Crippen LogP contribution is -2.17. The van der Waals surface area contributed by atoms with E-state index >= 15 is 0 Å². The van der Waals surface area contributed by atoms with Crippen molar-refractivity contribution in [3.63, 3.8) is 0 Å². The van der Waals surface area contributed by atoms with Crippen molar-refractivity contribution in [1.82, 2.24) is 5.32 Å². The van der Waals surface area contributed by atoms with Crippen LogP contribution in [-0.2, 0) is 11.4 Å². The van der Waals surface area contributed by atoms with Gasteiger partial charge in [0.15, 0.2) is 0 Å². The van der Waals surface area contributed by atoms with Crippen molar-refractivity contribution in [1.29, 1.82) is 0 Å². The second-order valence-corrected chi connectivity index (χ2v) is 4.60. The van der Waals surface area contributed by atoms with Crippen LogP contribution in [0.5, 0.6) is 0 Å². The highest BCUT2D eigenvalue weighted by Gasteiger charge is 1.99. The van der Waals surface area contributed by atoms with E-state index in [0.29, 0.717) is 6.42 Å². The molecule has 1 aromatic carbocycles. The molecule has 16 heavy (non-hydrogen) atoms. The molecule has 0 aliphatic carbocycles. The highest BCUT2D eigenvalue weighted by atomic mass is 32.2. The Balaban J connectivity index is 2.28. The zero-order valence-corrected chi connectivity index (χ0v) is 10.2. The van der Waals surface area contributed by atoms with Gasteiger partial charge in [-0.25, -0.2) is 0 Å². The smallest absolute Gasteiger partial charge is 0.219 e. The minimum atomic E-state index is 0.0760. The van der Waals surface area contributed by atoms with Crippen molar-refractivity contribution in [2.45, 2.75) is 24.3 Å². The van der Waals surface area contributed by atoms with E-state index in [9.17, 15) is 4.79 Å². The van der Waals surface area contributed by atoms with Crippen molar-refractivity contribution in [3.05, 3.63) is 29.8 Å².